The molecule has 0 atom stereocenters. The molecule has 5 heteroatoms. The van der Waals surface area contributed by atoms with Crippen LogP contribution in [0.1, 0.15) is 12.0 Å². The first-order valence-corrected chi connectivity index (χ1v) is 6.32. The smallest absolute Gasteiger partial charge is 0.422 e. The summed E-state index contributed by atoms with van der Waals surface area (Å²) in [5.41, 5.74) is 1.83. The number of anilines is 1. The molecule has 0 saturated carbocycles. The lowest BCUT2D eigenvalue weighted by Crippen LogP contribution is -2.16. The molecule has 0 aliphatic heterocycles. The minimum atomic E-state index is -1.02. The maximum absolute atomic E-state index is 10.6. The van der Waals surface area contributed by atoms with Gasteiger partial charge in [0.15, 0.2) is 0 Å². The predicted octanol–water partition coefficient (Wildman–Crippen LogP) is 3.81. The van der Waals surface area contributed by atoms with Crippen molar-refractivity contribution in [2.75, 3.05) is 9.26 Å². The Kier molecular flexibility index (Phi) is 5.11. The van der Waals surface area contributed by atoms with Crippen LogP contribution in [0.25, 0.3) is 0 Å². The van der Waals surface area contributed by atoms with Gasteiger partial charge in [0.2, 0.25) is 0 Å². The van der Waals surface area contributed by atoms with Crippen molar-refractivity contribution < 1.29 is 9.90 Å². The molecule has 82 valence electrons. The monoisotopic (exact) mass is 335 g/mol. The van der Waals surface area contributed by atoms with E-state index in [1.165, 1.54) is 5.56 Å². The van der Waals surface area contributed by atoms with E-state index in [0.717, 1.165) is 22.1 Å². The number of hydrogen-bond acceptors (Lipinski definition) is 1. The number of rotatable bonds is 4. The van der Waals surface area contributed by atoms with Crippen LogP contribution in [0.15, 0.2) is 24.3 Å². The van der Waals surface area contributed by atoms with Crippen LogP contribution in [0, 0.1) is 0 Å². The second-order valence-electron chi connectivity index (χ2n) is 3.02. The first-order chi connectivity index (χ1) is 7.15. The molecule has 15 heavy (non-hydrogen) atoms. The number of carbonyl (C=O) groups is 1. The molecule has 0 aromatic heterocycles. The van der Waals surface area contributed by atoms with Gasteiger partial charge in [-0.2, -0.15) is 0 Å². The van der Waals surface area contributed by atoms with Gasteiger partial charge in [-0.3, -0.25) is 0 Å². The lowest BCUT2D eigenvalue weighted by Gasteiger charge is -2.10. The van der Waals surface area contributed by atoms with E-state index in [1.54, 1.807) is 12.1 Å². The second-order valence-corrected chi connectivity index (χ2v) is 4.52. The van der Waals surface area contributed by atoms with Crippen molar-refractivity contribution in [3.05, 3.63) is 29.8 Å². The Morgan fingerprint density at radius 1 is 1.33 bits per heavy atom. The van der Waals surface area contributed by atoms with Crippen LogP contribution < -0.4 is 3.93 Å². The molecule has 0 bridgehead atoms. The molecule has 0 saturated heterocycles. The van der Waals surface area contributed by atoms with Gasteiger partial charge in [-0.15, -0.1) is 0 Å². The SMILES string of the molecule is O=C(O)N(Br)c1ccc(CCCBr)cc1. The summed E-state index contributed by atoms with van der Waals surface area (Å²) in [5.74, 6) is 0. The normalized spacial score (nSPS) is 10.0. The number of carboxylic acid groups (broad SMARTS) is 1. The highest BCUT2D eigenvalue weighted by Crippen LogP contribution is 2.19. The molecule has 1 N–H and O–H groups in total. The number of nitrogens with zero attached hydrogens (tertiary/aromatic N) is 1. The van der Waals surface area contributed by atoms with Crippen LogP contribution in [0.4, 0.5) is 10.5 Å². The second kappa shape index (κ2) is 6.12. The highest BCUT2D eigenvalue weighted by Gasteiger charge is 2.09. The highest BCUT2D eigenvalue weighted by molar-refractivity contribution is 9.10. The Hall–Kier alpha value is -0.550. The van der Waals surface area contributed by atoms with E-state index in [1.807, 2.05) is 12.1 Å². The quantitative estimate of drug-likeness (QED) is 0.671. The minimum Gasteiger partial charge on any atom is -0.464 e. The third-order valence-electron chi connectivity index (χ3n) is 1.93. The van der Waals surface area contributed by atoms with Crippen LogP contribution in [-0.4, -0.2) is 16.5 Å². The standard InChI is InChI=1S/C10H11Br2NO2/c11-7-1-2-8-3-5-9(6-4-8)13(12)10(14)15/h3-6H,1-2,7H2,(H,14,15). The fourth-order valence-corrected chi connectivity index (χ4v) is 1.69. The van der Waals surface area contributed by atoms with Gasteiger partial charge in [-0.25, -0.2) is 8.72 Å². The molecule has 0 spiro atoms. The zero-order chi connectivity index (χ0) is 11.3. The molecule has 1 rings (SSSR count). The van der Waals surface area contributed by atoms with Gasteiger partial charge in [0, 0.05) is 5.33 Å². The number of amides is 1. The van der Waals surface area contributed by atoms with E-state index in [-0.39, 0.29) is 0 Å². The van der Waals surface area contributed by atoms with Gasteiger partial charge in [0.05, 0.1) is 21.8 Å². The summed E-state index contributed by atoms with van der Waals surface area (Å²) in [5, 5.41) is 9.70. The molecular weight excluding hydrogens is 326 g/mol. The molecule has 3 nitrogen and oxygen atoms in total. The summed E-state index contributed by atoms with van der Waals surface area (Å²) in [6.07, 6.45) is 1.06. The van der Waals surface area contributed by atoms with Gasteiger partial charge in [-0.05, 0) is 30.5 Å². The van der Waals surface area contributed by atoms with Crippen molar-refractivity contribution in [3.63, 3.8) is 0 Å². The fraction of sp³-hybridized carbons (Fsp3) is 0.300. The first kappa shape index (κ1) is 12.5. The van der Waals surface area contributed by atoms with E-state index >= 15 is 0 Å². The van der Waals surface area contributed by atoms with Crippen LogP contribution in [-0.2, 0) is 6.42 Å². The maximum atomic E-state index is 10.6. The predicted molar refractivity (Wildman–Crippen MR) is 68.0 cm³/mol. The van der Waals surface area contributed by atoms with E-state index in [2.05, 4.69) is 32.1 Å². The van der Waals surface area contributed by atoms with Crippen LogP contribution in [0.5, 0.6) is 0 Å². The zero-order valence-electron chi connectivity index (χ0n) is 7.99. The number of halogens is 2. The topological polar surface area (TPSA) is 40.5 Å². The summed E-state index contributed by atoms with van der Waals surface area (Å²) >= 11 is 6.32. The van der Waals surface area contributed by atoms with E-state index in [9.17, 15) is 4.79 Å². The molecule has 0 heterocycles. The highest BCUT2D eigenvalue weighted by atomic mass is 79.9. The van der Waals surface area contributed by atoms with Crippen LogP contribution >= 0.6 is 32.1 Å². The number of alkyl halides is 1. The Balaban J connectivity index is 2.67. The Bertz CT molecular complexity index is 327. The first-order valence-electron chi connectivity index (χ1n) is 4.49. The Morgan fingerprint density at radius 3 is 2.40 bits per heavy atom. The molecule has 1 aromatic rings. The molecule has 0 aliphatic rings. The molecule has 0 aliphatic carbocycles. The average molecular weight is 337 g/mol. The van der Waals surface area contributed by atoms with E-state index in [0.29, 0.717) is 5.69 Å². The summed E-state index contributed by atoms with van der Waals surface area (Å²) < 4.78 is 1.02. The molecule has 1 amide bonds. The molecule has 0 fully saturated rings. The van der Waals surface area contributed by atoms with Crippen molar-refractivity contribution in [2.24, 2.45) is 0 Å². The van der Waals surface area contributed by atoms with Gasteiger partial charge < -0.3 is 5.11 Å². The molecule has 1 aromatic carbocycles. The van der Waals surface area contributed by atoms with E-state index < -0.39 is 6.09 Å². The largest absolute Gasteiger partial charge is 0.464 e. The van der Waals surface area contributed by atoms with Crippen molar-refractivity contribution in [3.8, 4) is 0 Å². The lowest BCUT2D eigenvalue weighted by atomic mass is 10.1. The Morgan fingerprint density at radius 2 is 1.93 bits per heavy atom. The molecule has 0 radical (unpaired) electrons. The van der Waals surface area contributed by atoms with E-state index in [4.69, 9.17) is 5.11 Å². The fourth-order valence-electron chi connectivity index (χ4n) is 1.17. The Labute approximate surface area is 106 Å². The van der Waals surface area contributed by atoms with Crippen LogP contribution in [0.3, 0.4) is 0 Å². The average Bonchev–Trinajstić information content (AvgIpc) is 2.26. The molecular formula is C10H11Br2NO2. The summed E-state index contributed by atoms with van der Waals surface area (Å²) in [7, 11) is 0. The third kappa shape index (κ3) is 3.83. The minimum absolute atomic E-state index is 0.616. The summed E-state index contributed by atoms with van der Waals surface area (Å²) in [4.78, 5) is 10.6. The van der Waals surface area contributed by atoms with Gasteiger partial charge in [0.25, 0.3) is 0 Å². The number of hydrogen-bond donors (Lipinski definition) is 1. The van der Waals surface area contributed by atoms with Crippen molar-refractivity contribution >= 4 is 43.9 Å². The van der Waals surface area contributed by atoms with Crippen molar-refractivity contribution in [2.45, 2.75) is 12.8 Å². The zero-order valence-corrected chi connectivity index (χ0v) is 11.2. The number of aryl methyl sites for hydroxylation is 1. The summed E-state index contributed by atoms with van der Waals surface area (Å²) in [6, 6.07) is 7.45. The lowest BCUT2D eigenvalue weighted by molar-refractivity contribution is 0.207. The third-order valence-corrected chi connectivity index (χ3v) is 3.20. The molecule has 0 unspecified atom stereocenters. The maximum Gasteiger partial charge on any atom is 0.422 e. The van der Waals surface area contributed by atoms with Crippen molar-refractivity contribution in [1.82, 2.24) is 0 Å². The van der Waals surface area contributed by atoms with Crippen molar-refractivity contribution in [1.29, 1.82) is 0 Å². The van der Waals surface area contributed by atoms with Crippen LogP contribution in [0.2, 0.25) is 0 Å². The number of benzene rings is 1. The van der Waals surface area contributed by atoms with Gasteiger partial charge >= 0.3 is 6.09 Å². The van der Waals surface area contributed by atoms with Gasteiger partial charge in [0.1, 0.15) is 0 Å². The summed E-state index contributed by atoms with van der Waals surface area (Å²) in [6.45, 7) is 0. The van der Waals surface area contributed by atoms with Gasteiger partial charge in [-0.1, -0.05) is 28.1 Å².